The van der Waals surface area contributed by atoms with Gasteiger partial charge >= 0.3 is 0 Å². The number of hydrogen-bond acceptors (Lipinski definition) is 5. The van der Waals surface area contributed by atoms with Gasteiger partial charge in [0.2, 0.25) is 11.8 Å². The van der Waals surface area contributed by atoms with E-state index in [0.29, 0.717) is 25.2 Å². The first-order valence-electron chi connectivity index (χ1n) is 7.94. The van der Waals surface area contributed by atoms with E-state index in [0.717, 1.165) is 5.56 Å². The fourth-order valence-electron chi connectivity index (χ4n) is 2.85. The molecule has 0 saturated carbocycles. The van der Waals surface area contributed by atoms with Crippen molar-refractivity contribution in [3.05, 3.63) is 35.4 Å². The van der Waals surface area contributed by atoms with E-state index in [2.05, 4.69) is 10.6 Å². The van der Waals surface area contributed by atoms with E-state index in [-0.39, 0.29) is 36.6 Å². The van der Waals surface area contributed by atoms with Crippen molar-refractivity contribution < 1.29 is 23.9 Å². The van der Waals surface area contributed by atoms with Gasteiger partial charge in [-0.3, -0.25) is 19.7 Å². The Morgan fingerprint density at radius 2 is 1.92 bits per heavy atom. The van der Waals surface area contributed by atoms with E-state index in [1.165, 1.54) is 0 Å². The van der Waals surface area contributed by atoms with Gasteiger partial charge in [-0.2, -0.15) is 0 Å². The largest absolute Gasteiger partial charge is 0.347 e. The van der Waals surface area contributed by atoms with E-state index in [1.54, 1.807) is 31.2 Å². The van der Waals surface area contributed by atoms with Crippen LogP contribution in [0.25, 0.3) is 0 Å². The van der Waals surface area contributed by atoms with Crippen LogP contribution in [-0.2, 0) is 25.5 Å². The van der Waals surface area contributed by atoms with Crippen LogP contribution in [0.3, 0.4) is 0 Å². The molecule has 0 spiro atoms. The van der Waals surface area contributed by atoms with E-state index < -0.39 is 5.79 Å². The lowest BCUT2D eigenvalue weighted by molar-refractivity contribution is -0.136. The summed E-state index contributed by atoms with van der Waals surface area (Å²) in [5.41, 5.74) is 1.43. The van der Waals surface area contributed by atoms with Gasteiger partial charge in [0, 0.05) is 12.0 Å². The predicted molar refractivity (Wildman–Crippen MR) is 84.0 cm³/mol. The predicted octanol–water partition coefficient (Wildman–Crippen LogP) is 0.385. The third kappa shape index (κ3) is 3.80. The minimum absolute atomic E-state index is 0.212. The van der Waals surface area contributed by atoms with Crippen LogP contribution in [0, 0.1) is 5.92 Å². The molecule has 128 valence electrons. The zero-order valence-corrected chi connectivity index (χ0v) is 13.5. The molecule has 2 fully saturated rings. The lowest BCUT2D eigenvalue weighted by atomic mass is 9.97. The third-order valence-corrected chi connectivity index (χ3v) is 4.23. The molecule has 2 aliphatic rings. The van der Waals surface area contributed by atoms with Gasteiger partial charge in [0.15, 0.2) is 5.79 Å². The van der Waals surface area contributed by atoms with Crippen molar-refractivity contribution in [2.24, 2.45) is 5.92 Å². The Balaban J connectivity index is 1.54. The minimum Gasteiger partial charge on any atom is -0.347 e. The van der Waals surface area contributed by atoms with Gasteiger partial charge in [-0.1, -0.05) is 12.1 Å². The highest BCUT2D eigenvalue weighted by molar-refractivity contribution is 6.03. The average molecular weight is 332 g/mol. The van der Waals surface area contributed by atoms with Gasteiger partial charge < -0.3 is 14.8 Å². The van der Waals surface area contributed by atoms with Crippen molar-refractivity contribution >= 4 is 17.7 Å². The van der Waals surface area contributed by atoms with Gasteiger partial charge in [-0.15, -0.1) is 0 Å². The van der Waals surface area contributed by atoms with Gasteiger partial charge in [0.1, 0.15) is 0 Å². The van der Waals surface area contributed by atoms with E-state index in [1.807, 2.05) is 0 Å². The normalized spacial score (nSPS) is 22.5. The summed E-state index contributed by atoms with van der Waals surface area (Å²) in [6.07, 6.45) is 0.707. The first-order valence-corrected chi connectivity index (χ1v) is 7.94. The minimum atomic E-state index is -0.766. The first kappa shape index (κ1) is 16.6. The Morgan fingerprint density at radius 1 is 1.25 bits per heavy atom. The second-order valence-electron chi connectivity index (χ2n) is 6.23. The molecule has 0 bridgehead atoms. The molecule has 2 aliphatic heterocycles. The van der Waals surface area contributed by atoms with Crippen molar-refractivity contribution in [2.75, 3.05) is 19.8 Å². The standard InChI is InChI=1S/C17H20N2O5/c1-17(23-6-7-24-17)10-18-15(21)12-4-2-11(3-5-12)8-13-9-14(20)19-16(13)22/h2-5,13H,6-10H2,1H3,(H,18,21)(H,19,20,22)/t13-/m1/s1. The maximum atomic E-state index is 12.2. The van der Waals surface area contributed by atoms with E-state index >= 15 is 0 Å². The molecule has 0 radical (unpaired) electrons. The van der Waals surface area contributed by atoms with Crippen LogP contribution < -0.4 is 10.6 Å². The van der Waals surface area contributed by atoms with Gasteiger partial charge in [-0.25, -0.2) is 0 Å². The summed E-state index contributed by atoms with van der Waals surface area (Å²) in [4.78, 5) is 34.9. The highest BCUT2D eigenvalue weighted by Gasteiger charge is 2.32. The summed E-state index contributed by atoms with van der Waals surface area (Å²) < 4.78 is 10.9. The highest BCUT2D eigenvalue weighted by atomic mass is 16.7. The molecule has 1 atom stereocenters. The number of carbonyl (C=O) groups is 3. The number of imide groups is 1. The Labute approximate surface area is 139 Å². The lowest BCUT2D eigenvalue weighted by Gasteiger charge is -2.22. The van der Waals surface area contributed by atoms with Crippen molar-refractivity contribution in [1.29, 1.82) is 0 Å². The zero-order valence-electron chi connectivity index (χ0n) is 13.5. The number of amides is 3. The van der Waals surface area contributed by atoms with Gasteiger partial charge in [-0.05, 0) is 31.0 Å². The van der Waals surface area contributed by atoms with Crippen LogP contribution in [0.15, 0.2) is 24.3 Å². The molecule has 3 amide bonds. The van der Waals surface area contributed by atoms with Crippen molar-refractivity contribution in [1.82, 2.24) is 10.6 Å². The zero-order chi connectivity index (χ0) is 17.2. The molecule has 24 heavy (non-hydrogen) atoms. The molecule has 3 rings (SSSR count). The van der Waals surface area contributed by atoms with Crippen LogP contribution in [0.2, 0.25) is 0 Å². The molecular weight excluding hydrogens is 312 g/mol. The number of carbonyl (C=O) groups excluding carboxylic acids is 3. The fraction of sp³-hybridized carbons (Fsp3) is 0.471. The monoisotopic (exact) mass is 332 g/mol. The second-order valence-corrected chi connectivity index (χ2v) is 6.23. The van der Waals surface area contributed by atoms with Crippen LogP contribution >= 0.6 is 0 Å². The molecule has 2 heterocycles. The van der Waals surface area contributed by atoms with Crippen LogP contribution in [0.5, 0.6) is 0 Å². The highest BCUT2D eigenvalue weighted by Crippen LogP contribution is 2.19. The molecular formula is C17H20N2O5. The van der Waals surface area contributed by atoms with Crippen LogP contribution in [0.4, 0.5) is 0 Å². The second kappa shape index (κ2) is 6.70. The number of hydrogen-bond donors (Lipinski definition) is 2. The lowest BCUT2D eigenvalue weighted by Crippen LogP contribution is -2.41. The molecule has 0 aromatic heterocycles. The Morgan fingerprint density at radius 3 is 2.50 bits per heavy atom. The SMILES string of the molecule is CC1(CNC(=O)c2ccc(C[C@@H]3CC(=O)NC3=O)cc2)OCCO1. The summed E-state index contributed by atoms with van der Waals surface area (Å²) in [5.74, 6) is -1.76. The molecule has 0 aliphatic carbocycles. The third-order valence-electron chi connectivity index (χ3n) is 4.23. The van der Waals surface area contributed by atoms with Crippen LogP contribution in [0.1, 0.15) is 29.3 Å². The summed E-state index contributed by atoms with van der Waals surface area (Å²) >= 11 is 0. The number of benzene rings is 1. The molecule has 0 unspecified atom stereocenters. The van der Waals surface area contributed by atoms with E-state index in [4.69, 9.17) is 9.47 Å². The molecule has 1 aromatic rings. The smallest absolute Gasteiger partial charge is 0.251 e. The first-order chi connectivity index (χ1) is 11.5. The number of nitrogens with one attached hydrogen (secondary N) is 2. The summed E-state index contributed by atoms with van der Waals surface area (Å²) in [6, 6.07) is 7.01. The molecule has 7 nitrogen and oxygen atoms in total. The summed E-state index contributed by atoms with van der Waals surface area (Å²) in [5, 5.41) is 5.09. The summed E-state index contributed by atoms with van der Waals surface area (Å²) in [6.45, 7) is 3.12. The molecule has 2 N–H and O–H groups in total. The van der Waals surface area contributed by atoms with Crippen LogP contribution in [-0.4, -0.2) is 43.3 Å². The molecule has 7 heteroatoms. The quantitative estimate of drug-likeness (QED) is 0.761. The maximum Gasteiger partial charge on any atom is 0.251 e. The molecule has 2 saturated heterocycles. The Bertz CT molecular complexity index is 649. The van der Waals surface area contributed by atoms with Gasteiger partial charge in [0.05, 0.1) is 25.7 Å². The average Bonchev–Trinajstić information content (AvgIpc) is 3.12. The summed E-state index contributed by atoms with van der Waals surface area (Å²) in [7, 11) is 0. The number of ether oxygens (including phenoxy) is 2. The Hall–Kier alpha value is -2.25. The van der Waals surface area contributed by atoms with E-state index in [9.17, 15) is 14.4 Å². The molecule has 1 aromatic carbocycles. The van der Waals surface area contributed by atoms with Crippen molar-refractivity contribution in [2.45, 2.75) is 25.6 Å². The fourth-order valence-corrected chi connectivity index (χ4v) is 2.85. The topological polar surface area (TPSA) is 93.7 Å². The number of rotatable bonds is 5. The van der Waals surface area contributed by atoms with Crippen molar-refractivity contribution in [3.8, 4) is 0 Å². The van der Waals surface area contributed by atoms with Gasteiger partial charge in [0.25, 0.3) is 5.91 Å². The maximum absolute atomic E-state index is 12.2. The van der Waals surface area contributed by atoms with Crippen molar-refractivity contribution in [3.63, 3.8) is 0 Å². The Kier molecular flexibility index (Phi) is 4.64.